The lowest BCUT2D eigenvalue weighted by Gasteiger charge is -2.25. The fourth-order valence-electron chi connectivity index (χ4n) is 2.09. The van der Waals surface area contributed by atoms with Crippen molar-refractivity contribution in [1.29, 1.82) is 0 Å². The van der Waals surface area contributed by atoms with Crippen molar-refractivity contribution in [3.63, 3.8) is 0 Å². The molecule has 0 aromatic rings. The van der Waals surface area contributed by atoms with Gasteiger partial charge < -0.3 is 0 Å². The molecule has 0 saturated heterocycles. The summed E-state index contributed by atoms with van der Waals surface area (Å²) in [5.74, 6) is 0.667. The zero-order valence-electron chi connectivity index (χ0n) is 9.39. The number of halogens is 1. The molecule has 0 spiro atoms. The second-order valence-electron chi connectivity index (χ2n) is 4.17. The van der Waals surface area contributed by atoms with Crippen LogP contribution in [0.5, 0.6) is 0 Å². The lowest BCUT2D eigenvalue weighted by atomic mass is 9.82. The van der Waals surface area contributed by atoms with E-state index < -0.39 is 0 Å². The molecule has 1 aliphatic carbocycles. The highest BCUT2D eigenvalue weighted by Gasteiger charge is 2.19. The van der Waals surface area contributed by atoms with E-state index in [0.29, 0.717) is 5.92 Å². The van der Waals surface area contributed by atoms with Gasteiger partial charge in [-0.3, -0.25) is 0 Å². The van der Waals surface area contributed by atoms with E-state index >= 15 is 0 Å². The Kier molecular flexibility index (Phi) is 3.39. The van der Waals surface area contributed by atoms with E-state index in [1.807, 2.05) is 0 Å². The molecule has 15 heavy (non-hydrogen) atoms. The molecule has 0 fully saturated rings. The third-order valence-corrected chi connectivity index (χ3v) is 4.90. The maximum Gasteiger partial charge on any atom is -0.0144 e. The lowest BCUT2D eigenvalue weighted by Crippen LogP contribution is -2.10. The smallest absolute Gasteiger partial charge is 0.0144 e. The zero-order chi connectivity index (χ0) is 10.8. The van der Waals surface area contributed by atoms with Crippen LogP contribution in [0.4, 0.5) is 0 Å². The van der Waals surface area contributed by atoms with Gasteiger partial charge in [0.1, 0.15) is 0 Å². The first kappa shape index (κ1) is 11.1. The molecule has 0 bridgehead atoms. The molecule has 0 aromatic heterocycles. The van der Waals surface area contributed by atoms with Gasteiger partial charge in [0, 0.05) is 0 Å². The second-order valence-corrected chi connectivity index (χ2v) is 6.23. The summed E-state index contributed by atoms with van der Waals surface area (Å²) in [6, 6.07) is 0. The fraction of sp³-hybridized carbons (Fsp3) is 0.357. The van der Waals surface area contributed by atoms with Crippen LogP contribution < -0.4 is 0 Å². The largest absolute Gasteiger partial charge is 0.0956 e. The maximum atomic E-state index is 4.16. The molecule has 1 aliphatic heterocycles. The van der Waals surface area contributed by atoms with Crippen molar-refractivity contribution in [3.05, 3.63) is 45.1 Å². The summed E-state index contributed by atoms with van der Waals surface area (Å²) in [6.07, 6.45) is 6.95. The minimum absolute atomic E-state index is 0.168. The first-order valence-corrected chi connectivity index (χ1v) is 7.96. The summed E-state index contributed by atoms with van der Waals surface area (Å²) in [5.41, 5.74) is 5.80. The van der Waals surface area contributed by atoms with E-state index in [2.05, 4.69) is 40.7 Å². The van der Waals surface area contributed by atoms with Crippen molar-refractivity contribution in [2.24, 2.45) is 5.92 Å². The molecule has 0 unspecified atom stereocenters. The van der Waals surface area contributed by atoms with E-state index in [1.54, 1.807) is 0 Å². The van der Waals surface area contributed by atoms with Gasteiger partial charge in [0.05, 0.1) is 0 Å². The third kappa shape index (κ3) is 2.22. The van der Waals surface area contributed by atoms with Crippen LogP contribution in [0.15, 0.2) is 45.1 Å². The second kappa shape index (κ2) is 4.60. The third-order valence-electron chi connectivity index (χ3n) is 3.10. The molecule has 1 atom stereocenters. The highest BCUT2D eigenvalue weighted by atomic mass is 127. The Morgan fingerprint density at radius 1 is 1.60 bits per heavy atom. The Morgan fingerprint density at radius 2 is 2.40 bits per heavy atom. The highest BCUT2D eigenvalue weighted by Crippen LogP contribution is 2.35. The lowest BCUT2D eigenvalue weighted by molar-refractivity contribution is 0.676. The van der Waals surface area contributed by atoms with E-state index in [-0.39, 0.29) is 20.7 Å². The molecule has 1 heteroatoms. The van der Waals surface area contributed by atoms with Gasteiger partial charge in [-0.05, 0) is 43.6 Å². The first-order valence-electron chi connectivity index (χ1n) is 5.47. The molecule has 2 aliphatic rings. The summed E-state index contributed by atoms with van der Waals surface area (Å²) in [6.45, 7) is 8.67. The molecular weight excluding hydrogens is 295 g/mol. The summed E-state index contributed by atoms with van der Waals surface area (Å²) in [4.78, 5) is 0. The van der Waals surface area contributed by atoms with Crippen LogP contribution in [0, 0.1) is 5.92 Å². The van der Waals surface area contributed by atoms with Crippen molar-refractivity contribution in [2.45, 2.75) is 26.7 Å². The molecule has 0 radical (unpaired) electrons. The molecular formula is C14H17I. The van der Waals surface area contributed by atoms with Crippen LogP contribution in [0.3, 0.4) is 0 Å². The van der Waals surface area contributed by atoms with E-state index in [9.17, 15) is 0 Å². The molecule has 1 heterocycles. The summed E-state index contributed by atoms with van der Waals surface area (Å²) in [7, 11) is 0. The van der Waals surface area contributed by atoms with Gasteiger partial charge in [-0.2, -0.15) is 0 Å². The van der Waals surface area contributed by atoms with E-state index in [1.165, 1.54) is 28.7 Å². The Balaban J connectivity index is 2.38. The van der Waals surface area contributed by atoms with Crippen LogP contribution in [0.1, 0.15) is 26.7 Å². The van der Waals surface area contributed by atoms with Crippen molar-refractivity contribution >= 4 is 24.7 Å². The molecule has 0 N–H and O–H groups in total. The predicted molar refractivity (Wildman–Crippen MR) is 77.5 cm³/mol. The average Bonchev–Trinajstić information content (AvgIpc) is 2.28. The number of hydrogen-bond acceptors (Lipinski definition) is 0. The Hall–Kier alpha value is -0.440. The van der Waals surface area contributed by atoms with Crippen LogP contribution >= 0.6 is 20.7 Å². The van der Waals surface area contributed by atoms with Crippen molar-refractivity contribution in [2.75, 3.05) is 0 Å². The van der Waals surface area contributed by atoms with Gasteiger partial charge >= 0.3 is 0 Å². The van der Waals surface area contributed by atoms with Crippen LogP contribution in [0.25, 0.3) is 0 Å². The van der Waals surface area contributed by atoms with Crippen LogP contribution in [0.2, 0.25) is 0 Å². The van der Waals surface area contributed by atoms with Crippen molar-refractivity contribution in [3.8, 4) is 0 Å². The molecule has 0 nitrogen and oxygen atoms in total. The van der Waals surface area contributed by atoms with E-state index in [4.69, 9.17) is 0 Å². The standard InChI is InChI=1S/C14H17I/c1-4-10(2)12-7-11(3)14-5-6-15-9-13(14)8-12/h5-6,8-9,11H,2,4,7H2,1,3H3/t11-/m0/s1. The zero-order valence-corrected chi connectivity index (χ0v) is 11.5. The first-order chi connectivity index (χ1) is 7.22. The molecule has 80 valence electrons. The minimum atomic E-state index is 0.168. The molecule has 2 rings (SSSR count). The SMILES string of the molecule is C=C(CC)C1=CC2=C(C=CI=C2)[C@@H](C)C1. The number of hydrogen-bond donors (Lipinski definition) is 0. The monoisotopic (exact) mass is 312 g/mol. The normalized spacial score (nSPS) is 24.4. The van der Waals surface area contributed by atoms with Gasteiger partial charge in [-0.25, -0.2) is 0 Å². The van der Waals surface area contributed by atoms with Gasteiger partial charge in [-0.1, -0.05) is 58.9 Å². The highest BCUT2D eigenvalue weighted by molar-refractivity contribution is 14.2. The van der Waals surface area contributed by atoms with Gasteiger partial charge in [0.25, 0.3) is 0 Å². The van der Waals surface area contributed by atoms with Gasteiger partial charge in [0.2, 0.25) is 0 Å². The molecule has 0 amide bonds. The summed E-state index contributed by atoms with van der Waals surface area (Å²) in [5, 5.41) is 0. The Labute approximate surface area is 102 Å². The molecule has 0 aromatic carbocycles. The summed E-state index contributed by atoms with van der Waals surface area (Å²) < 4.78 is 4.80. The van der Waals surface area contributed by atoms with Crippen LogP contribution in [-0.4, -0.2) is 4.01 Å². The van der Waals surface area contributed by atoms with Gasteiger partial charge in [0.15, 0.2) is 0 Å². The van der Waals surface area contributed by atoms with Crippen LogP contribution in [-0.2, 0) is 0 Å². The number of rotatable bonds is 2. The predicted octanol–water partition coefficient (Wildman–Crippen LogP) is 4.52. The Bertz CT molecular complexity index is 405. The number of allylic oxidation sites excluding steroid dienone is 6. The average molecular weight is 312 g/mol. The van der Waals surface area contributed by atoms with E-state index in [0.717, 1.165) is 6.42 Å². The molecule has 0 saturated carbocycles. The summed E-state index contributed by atoms with van der Waals surface area (Å²) >= 11 is 0.168. The van der Waals surface area contributed by atoms with Gasteiger partial charge in [-0.15, -0.1) is 0 Å². The maximum absolute atomic E-state index is 4.16. The topological polar surface area (TPSA) is 0 Å². The fourth-order valence-corrected chi connectivity index (χ4v) is 3.82. The van der Waals surface area contributed by atoms with Crippen molar-refractivity contribution in [1.82, 2.24) is 0 Å². The Morgan fingerprint density at radius 3 is 3.13 bits per heavy atom. The minimum Gasteiger partial charge on any atom is -0.0956 e. The quantitative estimate of drug-likeness (QED) is 0.658. The van der Waals surface area contributed by atoms with Crippen molar-refractivity contribution < 1.29 is 0 Å².